The normalized spacial score (nSPS) is 27.8. The standard InChI is InChI=1S/C30H42ClN3OS/c1-5-33-26-18-25(31)21(16-24(26)20(2)19-30(33,3)4)17-27-28(35)34(23-14-10-7-11-15-23)29(36-27)32-22-12-8-6-9-13-22/h16-18,20,22-23H,5-15,19H2,1-4H3/b27-17+,32-29?. The van der Waals surface area contributed by atoms with E-state index in [9.17, 15) is 4.79 Å². The first-order chi connectivity index (χ1) is 17.3. The summed E-state index contributed by atoms with van der Waals surface area (Å²) in [6.07, 6.45) is 15.1. The third-order valence-corrected chi connectivity index (χ3v) is 10.1. The summed E-state index contributed by atoms with van der Waals surface area (Å²) >= 11 is 8.47. The van der Waals surface area contributed by atoms with E-state index in [-0.39, 0.29) is 17.5 Å². The minimum Gasteiger partial charge on any atom is -0.366 e. The molecule has 1 aromatic rings. The maximum Gasteiger partial charge on any atom is 0.267 e. The lowest BCUT2D eigenvalue weighted by molar-refractivity contribution is -0.124. The Kier molecular flexibility index (Phi) is 7.79. The number of hydrogen-bond donors (Lipinski definition) is 0. The number of carbonyl (C=O) groups is 1. The Morgan fingerprint density at radius 2 is 1.75 bits per heavy atom. The number of aliphatic imine (C=N–C) groups is 1. The Hall–Kier alpha value is -1.46. The van der Waals surface area contributed by atoms with Crippen LogP contribution in [0, 0.1) is 0 Å². The maximum absolute atomic E-state index is 13.8. The lowest BCUT2D eigenvalue weighted by Crippen LogP contribution is -2.48. The average Bonchev–Trinajstić information content (AvgIpc) is 3.15. The van der Waals surface area contributed by atoms with Crippen molar-refractivity contribution in [2.75, 3.05) is 11.4 Å². The molecule has 1 unspecified atom stereocenters. The van der Waals surface area contributed by atoms with Crippen molar-refractivity contribution in [1.82, 2.24) is 4.90 Å². The first-order valence-corrected chi connectivity index (χ1v) is 15.4. The van der Waals surface area contributed by atoms with Crippen molar-refractivity contribution in [3.05, 3.63) is 33.2 Å². The topological polar surface area (TPSA) is 35.9 Å². The zero-order valence-corrected chi connectivity index (χ0v) is 24.1. The fraction of sp³-hybridized carbons (Fsp3) is 0.667. The van der Waals surface area contributed by atoms with Gasteiger partial charge in [-0.05, 0) is 99.9 Å². The molecule has 0 bridgehead atoms. The van der Waals surface area contributed by atoms with Crippen molar-refractivity contribution >= 4 is 46.2 Å². The number of hydrogen-bond acceptors (Lipinski definition) is 4. The van der Waals surface area contributed by atoms with E-state index < -0.39 is 0 Å². The van der Waals surface area contributed by atoms with E-state index in [4.69, 9.17) is 16.6 Å². The van der Waals surface area contributed by atoms with E-state index in [1.54, 1.807) is 11.8 Å². The van der Waals surface area contributed by atoms with Gasteiger partial charge < -0.3 is 4.90 Å². The predicted molar refractivity (Wildman–Crippen MR) is 155 cm³/mol. The number of fused-ring (bicyclic) bond motifs is 1. The van der Waals surface area contributed by atoms with Gasteiger partial charge in [0.15, 0.2) is 5.17 Å². The number of anilines is 1. The van der Waals surface area contributed by atoms with Gasteiger partial charge in [0.25, 0.3) is 5.91 Å². The van der Waals surface area contributed by atoms with Crippen LogP contribution in [0.3, 0.4) is 0 Å². The van der Waals surface area contributed by atoms with Crippen LogP contribution in [0.25, 0.3) is 6.08 Å². The molecule has 2 aliphatic heterocycles. The molecule has 2 aliphatic carbocycles. The number of rotatable bonds is 4. The fourth-order valence-electron chi connectivity index (χ4n) is 6.98. The van der Waals surface area contributed by atoms with E-state index in [1.165, 1.54) is 49.8 Å². The minimum atomic E-state index is 0.104. The van der Waals surface area contributed by atoms with Gasteiger partial charge in [0.1, 0.15) is 0 Å². The van der Waals surface area contributed by atoms with E-state index in [0.717, 1.165) is 59.3 Å². The van der Waals surface area contributed by atoms with Crippen LogP contribution in [-0.4, -0.2) is 40.1 Å². The average molecular weight is 528 g/mol. The molecule has 36 heavy (non-hydrogen) atoms. The Labute approximate surface area is 226 Å². The number of benzene rings is 1. The van der Waals surface area contributed by atoms with Gasteiger partial charge in [-0.3, -0.25) is 14.7 Å². The SMILES string of the molecule is CCN1c2cc(Cl)c(/C=C3/SC(=NC4CCCCC4)N(C4CCCCC4)C3=O)cc2C(C)CC1(C)C. The van der Waals surface area contributed by atoms with E-state index >= 15 is 0 Å². The molecule has 196 valence electrons. The van der Waals surface area contributed by atoms with Crippen LogP contribution < -0.4 is 4.90 Å². The Bertz CT molecular complexity index is 1050. The highest BCUT2D eigenvalue weighted by molar-refractivity contribution is 8.18. The second kappa shape index (κ2) is 10.7. The molecule has 1 aromatic carbocycles. The van der Waals surface area contributed by atoms with Crippen LogP contribution in [0.2, 0.25) is 5.02 Å². The number of halogens is 1. The van der Waals surface area contributed by atoms with Crippen LogP contribution in [0.4, 0.5) is 5.69 Å². The van der Waals surface area contributed by atoms with Crippen LogP contribution in [0.1, 0.15) is 115 Å². The molecular formula is C30H42ClN3OS. The Morgan fingerprint density at radius 3 is 2.42 bits per heavy atom. The molecule has 0 N–H and O–H groups in total. The van der Waals surface area contributed by atoms with Crippen molar-refractivity contribution in [3.63, 3.8) is 0 Å². The van der Waals surface area contributed by atoms with Gasteiger partial charge in [0.05, 0.1) is 10.9 Å². The van der Waals surface area contributed by atoms with E-state index in [1.807, 2.05) is 6.08 Å². The number of thioether (sulfide) groups is 1. The van der Waals surface area contributed by atoms with Crippen LogP contribution in [0.15, 0.2) is 22.0 Å². The van der Waals surface area contributed by atoms with Crippen molar-refractivity contribution in [2.45, 2.75) is 122 Å². The molecular weight excluding hydrogens is 486 g/mol. The number of nitrogens with zero attached hydrogens (tertiary/aromatic N) is 3. The minimum absolute atomic E-state index is 0.104. The fourth-order valence-corrected chi connectivity index (χ4v) is 8.29. The zero-order valence-electron chi connectivity index (χ0n) is 22.5. The second-order valence-corrected chi connectivity index (χ2v) is 13.3. The summed E-state index contributed by atoms with van der Waals surface area (Å²) in [5.74, 6) is 0.570. The summed E-state index contributed by atoms with van der Waals surface area (Å²) in [7, 11) is 0. The Balaban J connectivity index is 1.49. The van der Waals surface area contributed by atoms with Crippen molar-refractivity contribution in [1.29, 1.82) is 0 Å². The van der Waals surface area contributed by atoms with Crippen molar-refractivity contribution < 1.29 is 4.79 Å². The van der Waals surface area contributed by atoms with Crippen molar-refractivity contribution in [3.8, 4) is 0 Å². The maximum atomic E-state index is 13.8. The van der Waals surface area contributed by atoms with Gasteiger partial charge in [-0.2, -0.15) is 0 Å². The van der Waals surface area contributed by atoms with Crippen LogP contribution >= 0.6 is 23.4 Å². The molecule has 4 nitrogen and oxygen atoms in total. The number of carbonyl (C=O) groups excluding carboxylic acids is 1. The summed E-state index contributed by atoms with van der Waals surface area (Å²) in [5.41, 5.74) is 3.63. The highest BCUT2D eigenvalue weighted by Gasteiger charge is 2.40. The summed E-state index contributed by atoms with van der Waals surface area (Å²) < 4.78 is 0. The predicted octanol–water partition coefficient (Wildman–Crippen LogP) is 8.39. The Morgan fingerprint density at radius 1 is 1.08 bits per heavy atom. The zero-order chi connectivity index (χ0) is 25.4. The first-order valence-electron chi connectivity index (χ1n) is 14.2. The third-order valence-electron chi connectivity index (χ3n) is 8.75. The summed E-state index contributed by atoms with van der Waals surface area (Å²) in [5, 5.41) is 1.66. The molecule has 2 heterocycles. The summed E-state index contributed by atoms with van der Waals surface area (Å²) in [4.78, 5) is 24.3. The molecule has 2 saturated carbocycles. The van der Waals surface area contributed by atoms with Gasteiger partial charge in [-0.15, -0.1) is 0 Å². The molecule has 6 heteroatoms. The molecule has 1 amide bonds. The van der Waals surface area contributed by atoms with Gasteiger partial charge in [-0.25, -0.2) is 0 Å². The number of amidine groups is 1. The van der Waals surface area contributed by atoms with E-state index in [2.05, 4.69) is 49.6 Å². The van der Waals surface area contributed by atoms with Gasteiger partial charge in [0.2, 0.25) is 0 Å². The highest BCUT2D eigenvalue weighted by Crippen LogP contribution is 2.46. The van der Waals surface area contributed by atoms with E-state index in [0.29, 0.717) is 12.0 Å². The van der Waals surface area contributed by atoms with Gasteiger partial charge >= 0.3 is 0 Å². The van der Waals surface area contributed by atoms with Gasteiger partial charge in [-0.1, -0.05) is 57.0 Å². The summed E-state index contributed by atoms with van der Waals surface area (Å²) in [6, 6.07) is 5.01. The van der Waals surface area contributed by atoms with Crippen LogP contribution in [-0.2, 0) is 4.79 Å². The monoisotopic (exact) mass is 527 g/mol. The molecule has 3 fully saturated rings. The first kappa shape index (κ1) is 26.2. The van der Waals surface area contributed by atoms with Gasteiger partial charge in [0, 0.05) is 28.8 Å². The molecule has 1 atom stereocenters. The number of amides is 1. The quantitative estimate of drug-likeness (QED) is 0.369. The third kappa shape index (κ3) is 5.12. The lowest BCUT2D eigenvalue weighted by Gasteiger charge is -2.47. The second-order valence-electron chi connectivity index (χ2n) is 11.9. The highest BCUT2D eigenvalue weighted by atomic mass is 35.5. The molecule has 0 radical (unpaired) electrons. The molecule has 1 saturated heterocycles. The molecule has 0 aromatic heterocycles. The lowest BCUT2D eigenvalue weighted by atomic mass is 9.79. The summed E-state index contributed by atoms with van der Waals surface area (Å²) in [6.45, 7) is 10.1. The molecule has 4 aliphatic rings. The van der Waals surface area contributed by atoms with Crippen LogP contribution in [0.5, 0.6) is 0 Å². The smallest absolute Gasteiger partial charge is 0.267 e. The largest absolute Gasteiger partial charge is 0.366 e. The molecule has 5 rings (SSSR count). The van der Waals surface area contributed by atoms with Crippen molar-refractivity contribution in [2.24, 2.45) is 4.99 Å². The molecule has 0 spiro atoms.